The van der Waals surface area contributed by atoms with E-state index in [1.54, 1.807) is 13.2 Å². The maximum absolute atomic E-state index is 11.7. The summed E-state index contributed by atoms with van der Waals surface area (Å²) >= 11 is 3.38. The Balaban J connectivity index is 1.81. The molecular formula is C15H20BrN3O5. The fourth-order valence-electron chi connectivity index (χ4n) is 2.61. The fourth-order valence-corrected chi connectivity index (χ4v) is 3.12. The van der Waals surface area contributed by atoms with Gasteiger partial charge in [0.1, 0.15) is 5.75 Å². The molecule has 2 rings (SSSR count). The van der Waals surface area contributed by atoms with Crippen LogP contribution in [0.4, 0.5) is 4.79 Å². The van der Waals surface area contributed by atoms with Gasteiger partial charge in [-0.05, 0) is 41.6 Å². The van der Waals surface area contributed by atoms with Gasteiger partial charge in [-0.2, -0.15) is 0 Å². The maximum atomic E-state index is 11.7. The first-order chi connectivity index (χ1) is 11.3. The highest BCUT2D eigenvalue weighted by molar-refractivity contribution is 9.10. The molecule has 1 aliphatic rings. The quantitative estimate of drug-likeness (QED) is 0.686. The third-order valence-corrected chi connectivity index (χ3v) is 4.47. The molecule has 9 heteroatoms. The van der Waals surface area contributed by atoms with E-state index in [9.17, 15) is 14.4 Å². The Kier molecular flexibility index (Phi) is 6.24. The third-order valence-electron chi connectivity index (χ3n) is 3.88. The average molecular weight is 402 g/mol. The summed E-state index contributed by atoms with van der Waals surface area (Å²) in [5, 5.41) is 13.3. The fraction of sp³-hybridized carbons (Fsp3) is 0.533. The average Bonchev–Trinajstić information content (AvgIpc) is 2.52. The molecule has 8 nitrogen and oxygen atoms in total. The lowest BCUT2D eigenvalue weighted by Crippen LogP contribution is -2.44. The van der Waals surface area contributed by atoms with E-state index in [1.807, 2.05) is 5.32 Å². The molecule has 132 valence electrons. The lowest BCUT2D eigenvalue weighted by Gasteiger charge is -2.29. The van der Waals surface area contributed by atoms with Crippen molar-refractivity contribution in [1.29, 1.82) is 0 Å². The van der Waals surface area contributed by atoms with Crippen LogP contribution in [0.25, 0.3) is 0 Å². The topological polar surface area (TPSA) is 110 Å². The molecule has 1 aromatic rings. The number of nitrogens with one attached hydrogen (secondary N) is 2. The van der Waals surface area contributed by atoms with Crippen molar-refractivity contribution in [1.82, 2.24) is 15.2 Å². The number of carbonyl (C=O) groups is 2. The summed E-state index contributed by atoms with van der Waals surface area (Å²) in [6.45, 7) is -0.244. The van der Waals surface area contributed by atoms with Crippen LogP contribution in [-0.2, 0) is 11.8 Å². The van der Waals surface area contributed by atoms with Gasteiger partial charge in [0, 0.05) is 25.4 Å². The van der Waals surface area contributed by atoms with Crippen LogP contribution in [0.15, 0.2) is 21.5 Å². The van der Waals surface area contributed by atoms with Crippen LogP contribution in [-0.4, -0.2) is 40.4 Å². The first kappa shape index (κ1) is 18.3. The molecule has 3 N–H and O–H groups in total. The molecule has 1 saturated carbocycles. The first-order valence-electron chi connectivity index (χ1n) is 7.64. The second kappa shape index (κ2) is 8.18. The lowest BCUT2D eigenvalue weighted by molar-refractivity contribution is -0.121. The molecule has 1 aliphatic carbocycles. The summed E-state index contributed by atoms with van der Waals surface area (Å²) in [5.41, 5.74) is -0.139. The van der Waals surface area contributed by atoms with Crippen LogP contribution >= 0.6 is 15.9 Å². The van der Waals surface area contributed by atoms with E-state index >= 15 is 0 Å². The Morgan fingerprint density at radius 1 is 1.38 bits per heavy atom. The van der Waals surface area contributed by atoms with Crippen LogP contribution in [0.3, 0.4) is 0 Å². The van der Waals surface area contributed by atoms with Gasteiger partial charge in [0.2, 0.25) is 5.91 Å². The highest BCUT2D eigenvalue weighted by Gasteiger charge is 2.24. The molecule has 0 radical (unpaired) electrons. The number of halogens is 1. The molecule has 0 aliphatic heterocycles. The number of rotatable bonds is 5. The molecule has 1 heterocycles. The van der Waals surface area contributed by atoms with Gasteiger partial charge in [0.25, 0.3) is 5.56 Å². The van der Waals surface area contributed by atoms with Gasteiger partial charge in [-0.15, -0.1) is 0 Å². The number of amides is 2. The number of aryl methyl sites for hydroxylation is 1. The maximum Gasteiger partial charge on any atom is 0.405 e. The molecule has 24 heavy (non-hydrogen) atoms. The largest absolute Gasteiger partial charge is 0.489 e. The van der Waals surface area contributed by atoms with Gasteiger partial charge in [-0.1, -0.05) is 0 Å². The Hall–Kier alpha value is -2.03. The number of aromatic nitrogens is 1. The van der Waals surface area contributed by atoms with Crippen molar-refractivity contribution in [3.05, 3.63) is 27.1 Å². The molecule has 1 aromatic heterocycles. The van der Waals surface area contributed by atoms with Crippen LogP contribution in [0.5, 0.6) is 5.75 Å². The number of ether oxygens (including phenoxy) is 1. The van der Waals surface area contributed by atoms with E-state index in [2.05, 4.69) is 21.2 Å². The van der Waals surface area contributed by atoms with E-state index in [1.165, 1.54) is 10.6 Å². The molecule has 0 bridgehead atoms. The van der Waals surface area contributed by atoms with Crippen LogP contribution < -0.4 is 20.9 Å². The van der Waals surface area contributed by atoms with Crippen molar-refractivity contribution >= 4 is 27.9 Å². The van der Waals surface area contributed by atoms with Gasteiger partial charge in [0.05, 0.1) is 17.1 Å². The summed E-state index contributed by atoms with van der Waals surface area (Å²) in [4.78, 5) is 33.6. The van der Waals surface area contributed by atoms with Crippen molar-refractivity contribution in [2.24, 2.45) is 7.05 Å². The second-order valence-corrected chi connectivity index (χ2v) is 6.61. The minimum absolute atomic E-state index is 0.0139. The number of hydrogen-bond donors (Lipinski definition) is 3. The molecule has 0 unspecified atom stereocenters. The summed E-state index contributed by atoms with van der Waals surface area (Å²) in [5.74, 6) is 0.187. The summed E-state index contributed by atoms with van der Waals surface area (Å²) in [7, 11) is 1.67. The molecule has 0 saturated heterocycles. The summed E-state index contributed by atoms with van der Waals surface area (Å²) in [6.07, 6.45) is 3.41. The molecule has 0 aromatic carbocycles. The number of nitrogens with zero attached hydrogens (tertiary/aromatic N) is 1. The SMILES string of the molecule is Cn1cc(Br)c(OC2CCC(NC(=O)CNC(=O)O)CC2)cc1=O. The normalized spacial score (nSPS) is 20.2. The van der Waals surface area contributed by atoms with Crippen molar-refractivity contribution < 1.29 is 19.4 Å². The van der Waals surface area contributed by atoms with Gasteiger partial charge in [-0.25, -0.2) is 4.79 Å². The molecular weight excluding hydrogens is 382 g/mol. The predicted molar refractivity (Wildman–Crippen MR) is 90.2 cm³/mol. The monoisotopic (exact) mass is 401 g/mol. The lowest BCUT2D eigenvalue weighted by atomic mass is 9.93. The van der Waals surface area contributed by atoms with Crippen molar-refractivity contribution in [3.63, 3.8) is 0 Å². The van der Waals surface area contributed by atoms with Crippen molar-refractivity contribution in [3.8, 4) is 5.75 Å². The highest BCUT2D eigenvalue weighted by Crippen LogP contribution is 2.28. The standard InChI is InChI=1S/C15H20BrN3O5/c1-19-8-11(16)12(6-14(19)21)24-10-4-2-9(3-5-10)18-13(20)7-17-15(22)23/h6,8-10,17H,2-5,7H2,1H3,(H,18,20)(H,22,23). The van der Waals surface area contributed by atoms with Gasteiger partial charge in [-0.3, -0.25) is 9.59 Å². The Labute approximate surface area is 147 Å². The van der Waals surface area contributed by atoms with Crippen molar-refractivity contribution in [2.75, 3.05) is 6.54 Å². The highest BCUT2D eigenvalue weighted by atomic mass is 79.9. The predicted octanol–water partition coefficient (Wildman–Crippen LogP) is 1.22. The number of pyridine rings is 1. The zero-order valence-corrected chi connectivity index (χ0v) is 14.8. The van der Waals surface area contributed by atoms with Crippen molar-refractivity contribution in [2.45, 2.75) is 37.8 Å². The smallest absolute Gasteiger partial charge is 0.405 e. The molecule has 2 amide bonds. The van der Waals surface area contributed by atoms with E-state index in [0.29, 0.717) is 5.75 Å². The Bertz CT molecular complexity index is 668. The first-order valence-corrected chi connectivity index (χ1v) is 8.43. The summed E-state index contributed by atoms with van der Waals surface area (Å²) in [6, 6.07) is 1.47. The zero-order chi connectivity index (χ0) is 17.7. The van der Waals surface area contributed by atoms with Crippen LogP contribution in [0.1, 0.15) is 25.7 Å². The Morgan fingerprint density at radius 3 is 2.67 bits per heavy atom. The summed E-state index contributed by atoms with van der Waals surface area (Å²) < 4.78 is 8.08. The van der Waals surface area contributed by atoms with E-state index in [0.717, 1.165) is 30.2 Å². The minimum atomic E-state index is -1.22. The number of carbonyl (C=O) groups excluding carboxylic acids is 1. The third kappa shape index (κ3) is 5.26. The number of hydrogen-bond acceptors (Lipinski definition) is 4. The van der Waals surface area contributed by atoms with E-state index < -0.39 is 6.09 Å². The number of carboxylic acid groups (broad SMARTS) is 1. The van der Waals surface area contributed by atoms with Gasteiger partial charge >= 0.3 is 6.09 Å². The second-order valence-electron chi connectivity index (χ2n) is 5.75. The van der Waals surface area contributed by atoms with E-state index in [4.69, 9.17) is 9.84 Å². The molecule has 1 fully saturated rings. The van der Waals surface area contributed by atoms with Crippen LogP contribution in [0.2, 0.25) is 0 Å². The molecule has 0 atom stereocenters. The van der Waals surface area contributed by atoms with Gasteiger partial charge in [0.15, 0.2) is 0 Å². The molecule has 0 spiro atoms. The van der Waals surface area contributed by atoms with Gasteiger partial charge < -0.3 is 25.0 Å². The minimum Gasteiger partial charge on any atom is -0.489 e. The van der Waals surface area contributed by atoms with Crippen LogP contribution in [0, 0.1) is 0 Å². The van der Waals surface area contributed by atoms with E-state index in [-0.39, 0.29) is 30.2 Å². The zero-order valence-electron chi connectivity index (χ0n) is 13.3. The Morgan fingerprint density at radius 2 is 2.04 bits per heavy atom.